The lowest BCUT2D eigenvalue weighted by molar-refractivity contribution is -0.0317. The number of rotatable bonds is 6. The molecule has 0 bridgehead atoms. The summed E-state index contributed by atoms with van der Waals surface area (Å²) >= 11 is 3.40. The average molecular weight is 287 g/mol. The van der Waals surface area contributed by atoms with Crippen LogP contribution in [0.25, 0.3) is 0 Å². The number of hydrogen-bond acceptors (Lipinski definition) is 2. The molecule has 0 fully saturated rings. The van der Waals surface area contributed by atoms with Gasteiger partial charge in [0.15, 0.2) is 0 Å². The van der Waals surface area contributed by atoms with Gasteiger partial charge in [-0.05, 0) is 38.5 Å². The largest absolute Gasteiger partial charge is 0.491 e. The lowest BCUT2D eigenvalue weighted by atomic mass is 10.1. The van der Waals surface area contributed by atoms with Crippen LogP contribution in [0.5, 0.6) is 5.75 Å². The number of ether oxygens (including phenoxy) is 2. The Balaban J connectivity index is 2.26. The Morgan fingerprint density at radius 3 is 2.62 bits per heavy atom. The molecule has 2 nitrogen and oxygen atoms in total. The van der Waals surface area contributed by atoms with Crippen LogP contribution in [0.2, 0.25) is 0 Å². The lowest BCUT2D eigenvalue weighted by Gasteiger charge is -2.23. The van der Waals surface area contributed by atoms with E-state index in [1.807, 2.05) is 24.3 Å². The summed E-state index contributed by atoms with van der Waals surface area (Å²) in [5, 5.41) is 0. The molecule has 3 heteroatoms. The van der Waals surface area contributed by atoms with E-state index in [1.165, 1.54) is 0 Å². The first-order chi connectivity index (χ1) is 7.53. The van der Waals surface area contributed by atoms with Crippen LogP contribution < -0.4 is 4.74 Å². The average Bonchev–Trinajstić information content (AvgIpc) is 2.25. The second-order valence-corrected chi connectivity index (χ2v) is 5.18. The molecule has 1 aromatic carbocycles. The number of halogens is 1. The molecule has 0 aliphatic rings. The van der Waals surface area contributed by atoms with Crippen LogP contribution in [0.1, 0.15) is 27.2 Å². The maximum absolute atomic E-state index is 5.69. The maximum Gasteiger partial charge on any atom is 0.120 e. The highest BCUT2D eigenvalue weighted by Gasteiger charge is 2.14. The van der Waals surface area contributed by atoms with Crippen molar-refractivity contribution in [3.05, 3.63) is 28.7 Å². The Bertz CT molecular complexity index is 323. The van der Waals surface area contributed by atoms with Gasteiger partial charge in [-0.2, -0.15) is 0 Å². The minimum Gasteiger partial charge on any atom is -0.491 e. The third-order valence-corrected chi connectivity index (χ3v) is 2.99. The van der Waals surface area contributed by atoms with E-state index < -0.39 is 0 Å². The Hall–Kier alpha value is -0.540. The Kier molecular flexibility index (Phi) is 5.29. The minimum absolute atomic E-state index is 0.0549. The number of hydrogen-bond donors (Lipinski definition) is 0. The predicted molar refractivity (Wildman–Crippen MR) is 70.0 cm³/mol. The van der Waals surface area contributed by atoms with E-state index in [0.717, 1.165) is 16.6 Å². The standard InChI is InChI=1S/C13H19BrO2/c1-4-13(2,3)16-9-8-15-12-7-5-6-11(14)10-12/h5-7,10H,4,8-9H2,1-3H3. The van der Waals surface area contributed by atoms with Crippen molar-refractivity contribution in [2.24, 2.45) is 0 Å². The first-order valence-electron chi connectivity index (χ1n) is 5.56. The van der Waals surface area contributed by atoms with Gasteiger partial charge in [-0.3, -0.25) is 0 Å². The lowest BCUT2D eigenvalue weighted by Crippen LogP contribution is -2.25. The molecule has 0 saturated carbocycles. The van der Waals surface area contributed by atoms with Crippen LogP contribution in [-0.2, 0) is 4.74 Å². The highest BCUT2D eigenvalue weighted by Crippen LogP contribution is 2.18. The summed E-state index contributed by atoms with van der Waals surface area (Å²) in [6.07, 6.45) is 1.00. The molecule has 0 radical (unpaired) electrons. The molecule has 0 aliphatic heterocycles. The Labute approximate surface area is 106 Å². The van der Waals surface area contributed by atoms with Gasteiger partial charge in [0.1, 0.15) is 12.4 Å². The third kappa shape index (κ3) is 4.99. The molecule has 0 atom stereocenters. The van der Waals surface area contributed by atoms with E-state index in [-0.39, 0.29) is 5.60 Å². The molecule has 0 N–H and O–H groups in total. The summed E-state index contributed by atoms with van der Waals surface area (Å²) in [5.41, 5.74) is -0.0549. The summed E-state index contributed by atoms with van der Waals surface area (Å²) in [4.78, 5) is 0. The summed E-state index contributed by atoms with van der Waals surface area (Å²) in [7, 11) is 0. The zero-order valence-corrected chi connectivity index (χ0v) is 11.7. The zero-order chi connectivity index (χ0) is 12.0. The SMILES string of the molecule is CCC(C)(C)OCCOc1cccc(Br)c1. The summed E-state index contributed by atoms with van der Waals surface area (Å²) in [6.45, 7) is 7.50. The Morgan fingerprint density at radius 2 is 2.00 bits per heavy atom. The van der Waals surface area contributed by atoms with Gasteiger partial charge >= 0.3 is 0 Å². The van der Waals surface area contributed by atoms with Gasteiger partial charge < -0.3 is 9.47 Å². The third-order valence-electron chi connectivity index (χ3n) is 2.49. The highest BCUT2D eigenvalue weighted by atomic mass is 79.9. The summed E-state index contributed by atoms with van der Waals surface area (Å²) in [6, 6.07) is 7.82. The van der Waals surface area contributed by atoms with Crippen molar-refractivity contribution in [2.45, 2.75) is 32.8 Å². The summed E-state index contributed by atoms with van der Waals surface area (Å²) in [5.74, 6) is 0.868. The van der Waals surface area contributed by atoms with Crippen molar-refractivity contribution in [1.82, 2.24) is 0 Å². The predicted octanol–water partition coefficient (Wildman–Crippen LogP) is 4.03. The Morgan fingerprint density at radius 1 is 1.25 bits per heavy atom. The van der Waals surface area contributed by atoms with Crippen molar-refractivity contribution in [3.63, 3.8) is 0 Å². The highest BCUT2D eigenvalue weighted by molar-refractivity contribution is 9.10. The molecular formula is C13H19BrO2. The van der Waals surface area contributed by atoms with Gasteiger partial charge in [-0.1, -0.05) is 28.9 Å². The maximum atomic E-state index is 5.69. The monoisotopic (exact) mass is 286 g/mol. The fourth-order valence-corrected chi connectivity index (χ4v) is 1.51. The molecule has 16 heavy (non-hydrogen) atoms. The minimum atomic E-state index is -0.0549. The first kappa shape index (κ1) is 13.5. The molecule has 0 heterocycles. The molecular weight excluding hydrogens is 268 g/mol. The van der Waals surface area contributed by atoms with Gasteiger partial charge in [-0.25, -0.2) is 0 Å². The normalized spacial score (nSPS) is 11.5. The van der Waals surface area contributed by atoms with Gasteiger partial charge in [0, 0.05) is 4.47 Å². The van der Waals surface area contributed by atoms with Crippen LogP contribution in [0, 0.1) is 0 Å². The van der Waals surface area contributed by atoms with Crippen molar-refractivity contribution < 1.29 is 9.47 Å². The molecule has 90 valence electrons. The van der Waals surface area contributed by atoms with Crippen molar-refractivity contribution in [1.29, 1.82) is 0 Å². The van der Waals surface area contributed by atoms with Gasteiger partial charge in [0.05, 0.1) is 12.2 Å². The molecule has 1 rings (SSSR count). The quantitative estimate of drug-likeness (QED) is 0.735. The fraction of sp³-hybridized carbons (Fsp3) is 0.538. The van der Waals surface area contributed by atoms with E-state index in [1.54, 1.807) is 0 Å². The van der Waals surface area contributed by atoms with Crippen LogP contribution >= 0.6 is 15.9 Å². The van der Waals surface area contributed by atoms with E-state index in [9.17, 15) is 0 Å². The van der Waals surface area contributed by atoms with E-state index >= 15 is 0 Å². The van der Waals surface area contributed by atoms with Crippen LogP contribution in [0.3, 0.4) is 0 Å². The van der Waals surface area contributed by atoms with Crippen molar-refractivity contribution in [2.75, 3.05) is 13.2 Å². The van der Waals surface area contributed by atoms with Gasteiger partial charge in [-0.15, -0.1) is 0 Å². The molecule has 0 spiro atoms. The van der Waals surface area contributed by atoms with E-state index in [4.69, 9.17) is 9.47 Å². The van der Waals surface area contributed by atoms with Gasteiger partial charge in [0.25, 0.3) is 0 Å². The molecule has 0 aromatic heterocycles. The van der Waals surface area contributed by atoms with Crippen LogP contribution in [0.15, 0.2) is 28.7 Å². The molecule has 0 saturated heterocycles. The van der Waals surface area contributed by atoms with Crippen LogP contribution in [0.4, 0.5) is 0 Å². The molecule has 1 aromatic rings. The topological polar surface area (TPSA) is 18.5 Å². The second-order valence-electron chi connectivity index (χ2n) is 4.27. The smallest absolute Gasteiger partial charge is 0.120 e. The first-order valence-corrected chi connectivity index (χ1v) is 6.35. The molecule has 0 amide bonds. The van der Waals surface area contributed by atoms with E-state index in [2.05, 4.69) is 36.7 Å². The molecule has 0 aliphatic carbocycles. The number of benzene rings is 1. The second kappa shape index (κ2) is 6.26. The zero-order valence-electron chi connectivity index (χ0n) is 10.1. The fourth-order valence-electron chi connectivity index (χ4n) is 1.14. The van der Waals surface area contributed by atoms with Crippen molar-refractivity contribution in [3.8, 4) is 5.75 Å². The van der Waals surface area contributed by atoms with E-state index in [0.29, 0.717) is 13.2 Å². The van der Waals surface area contributed by atoms with Crippen LogP contribution in [-0.4, -0.2) is 18.8 Å². The molecule has 0 unspecified atom stereocenters. The van der Waals surface area contributed by atoms with Crippen molar-refractivity contribution >= 4 is 15.9 Å². The summed E-state index contributed by atoms with van der Waals surface area (Å²) < 4.78 is 12.3. The van der Waals surface area contributed by atoms with Gasteiger partial charge in [0.2, 0.25) is 0 Å².